The van der Waals surface area contributed by atoms with Gasteiger partial charge in [0.25, 0.3) is 0 Å². The van der Waals surface area contributed by atoms with Gasteiger partial charge in [0.15, 0.2) is 0 Å². The maximum Gasteiger partial charge on any atom is 0.230 e. The van der Waals surface area contributed by atoms with Crippen molar-refractivity contribution < 1.29 is 4.79 Å². The molecular weight excluding hydrogens is 312 g/mol. The minimum atomic E-state index is -0.187. The maximum absolute atomic E-state index is 13.2. The smallest absolute Gasteiger partial charge is 0.230 e. The van der Waals surface area contributed by atoms with Gasteiger partial charge in [-0.25, -0.2) is 0 Å². The van der Waals surface area contributed by atoms with Gasteiger partial charge >= 0.3 is 0 Å². The van der Waals surface area contributed by atoms with Crippen LogP contribution in [0.2, 0.25) is 0 Å². The van der Waals surface area contributed by atoms with Gasteiger partial charge in [-0.15, -0.1) is 0 Å². The summed E-state index contributed by atoms with van der Waals surface area (Å²) in [6.45, 7) is 4.38. The Morgan fingerprint density at radius 1 is 0.960 bits per heavy atom. The van der Waals surface area contributed by atoms with Crippen LogP contribution in [0.4, 0.5) is 0 Å². The van der Waals surface area contributed by atoms with Gasteiger partial charge in [-0.05, 0) is 55.1 Å². The van der Waals surface area contributed by atoms with E-state index in [9.17, 15) is 4.79 Å². The molecule has 2 fully saturated rings. The summed E-state index contributed by atoms with van der Waals surface area (Å²) < 4.78 is 0. The molecule has 2 saturated heterocycles. The van der Waals surface area contributed by atoms with Crippen molar-refractivity contribution in [2.45, 2.75) is 32.4 Å². The predicted octanol–water partition coefficient (Wildman–Crippen LogP) is 2.49. The van der Waals surface area contributed by atoms with Gasteiger partial charge in [-0.3, -0.25) is 19.7 Å². The Hall–Kier alpha value is -2.27. The van der Waals surface area contributed by atoms with Gasteiger partial charge in [-0.2, -0.15) is 0 Å². The fourth-order valence-electron chi connectivity index (χ4n) is 4.24. The molecule has 25 heavy (non-hydrogen) atoms. The summed E-state index contributed by atoms with van der Waals surface area (Å²) in [6, 6.07) is 8.10. The van der Waals surface area contributed by atoms with Crippen molar-refractivity contribution in [1.82, 2.24) is 19.8 Å². The first-order chi connectivity index (χ1) is 12.3. The zero-order chi connectivity index (χ0) is 17.1. The SMILES string of the molecule is O=C1N(Cc2cccnc2)CC[C@]12CCCN(Cc1ccncc1)C2. The van der Waals surface area contributed by atoms with Crippen LogP contribution in [-0.4, -0.2) is 45.3 Å². The molecule has 0 radical (unpaired) electrons. The van der Waals surface area contributed by atoms with Crippen LogP contribution in [-0.2, 0) is 17.9 Å². The predicted molar refractivity (Wildman–Crippen MR) is 95.5 cm³/mol. The molecular formula is C20H24N4O. The normalized spacial score (nSPS) is 24.2. The fraction of sp³-hybridized carbons (Fsp3) is 0.450. The zero-order valence-electron chi connectivity index (χ0n) is 14.5. The Bertz CT molecular complexity index is 721. The lowest BCUT2D eigenvalue weighted by Gasteiger charge is -2.39. The second kappa shape index (κ2) is 6.92. The summed E-state index contributed by atoms with van der Waals surface area (Å²) in [7, 11) is 0. The summed E-state index contributed by atoms with van der Waals surface area (Å²) >= 11 is 0. The van der Waals surface area contributed by atoms with Crippen molar-refractivity contribution in [2.24, 2.45) is 5.41 Å². The van der Waals surface area contributed by atoms with E-state index in [2.05, 4.69) is 27.0 Å². The third kappa shape index (κ3) is 3.42. The third-order valence-electron chi connectivity index (χ3n) is 5.51. The number of nitrogens with zero attached hydrogens (tertiary/aromatic N) is 4. The average molecular weight is 336 g/mol. The van der Waals surface area contributed by atoms with Gasteiger partial charge in [0.1, 0.15) is 0 Å². The molecule has 5 nitrogen and oxygen atoms in total. The Kier molecular flexibility index (Phi) is 4.49. The number of pyridine rings is 2. The molecule has 4 heterocycles. The van der Waals surface area contributed by atoms with Gasteiger partial charge in [0.05, 0.1) is 5.41 Å². The number of aromatic nitrogens is 2. The Labute approximate surface area is 148 Å². The summed E-state index contributed by atoms with van der Waals surface area (Å²) in [6.07, 6.45) is 10.4. The lowest BCUT2D eigenvalue weighted by molar-refractivity contribution is -0.139. The van der Waals surface area contributed by atoms with Crippen LogP contribution >= 0.6 is 0 Å². The molecule has 2 aliphatic heterocycles. The molecule has 1 amide bonds. The Morgan fingerprint density at radius 3 is 2.64 bits per heavy atom. The summed E-state index contributed by atoms with van der Waals surface area (Å²) in [5, 5.41) is 0. The van der Waals surface area contributed by atoms with Gasteiger partial charge in [-0.1, -0.05) is 6.07 Å². The number of piperidine rings is 1. The quantitative estimate of drug-likeness (QED) is 0.861. The molecule has 2 aromatic rings. The molecule has 4 rings (SSSR count). The number of amides is 1. The zero-order valence-corrected chi connectivity index (χ0v) is 14.5. The van der Waals surface area contributed by atoms with Crippen LogP contribution in [0.3, 0.4) is 0 Å². The van der Waals surface area contributed by atoms with Crippen molar-refractivity contribution in [3.8, 4) is 0 Å². The molecule has 0 aromatic carbocycles. The van der Waals surface area contributed by atoms with E-state index in [1.165, 1.54) is 5.56 Å². The van der Waals surface area contributed by atoms with Crippen LogP contribution in [0.25, 0.3) is 0 Å². The average Bonchev–Trinajstić information content (AvgIpc) is 2.93. The highest BCUT2D eigenvalue weighted by molar-refractivity contribution is 5.85. The van der Waals surface area contributed by atoms with E-state index in [-0.39, 0.29) is 5.41 Å². The number of rotatable bonds is 4. The first kappa shape index (κ1) is 16.2. The van der Waals surface area contributed by atoms with E-state index in [0.29, 0.717) is 12.5 Å². The van der Waals surface area contributed by atoms with Crippen LogP contribution in [0.15, 0.2) is 49.1 Å². The monoisotopic (exact) mass is 336 g/mol. The highest BCUT2D eigenvalue weighted by atomic mass is 16.2. The molecule has 130 valence electrons. The Morgan fingerprint density at radius 2 is 1.84 bits per heavy atom. The minimum Gasteiger partial charge on any atom is -0.338 e. The van der Waals surface area contributed by atoms with E-state index >= 15 is 0 Å². The standard InChI is InChI=1S/C20H24N4O/c25-19-20(7-12-24(19)15-18-3-1-8-22-13-18)6-2-11-23(16-20)14-17-4-9-21-10-5-17/h1,3-5,8-10,13H,2,6-7,11-12,14-16H2/t20-/m0/s1. The molecule has 2 aliphatic rings. The number of hydrogen-bond acceptors (Lipinski definition) is 4. The number of carbonyl (C=O) groups is 1. The van der Waals surface area contributed by atoms with E-state index in [0.717, 1.165) is 51.0 Å². The largest absolute Gasteiger partial charge is 0.338 e. The van der Waals surface area contributed by atoms with E-state index in [1.807, 2.05) is 35.6 Å². The topological polar surface area (TPSA) is 49.3 Å². The van der Waals surface area contributed by atoms with Gasteiger partial charge in [0, 0.05) is 51.0 Å². The van der Waals surface area contributed by atoms with E-state index in [4.69, 9.17) is 0 Å². The highest BCUT2D eigenvalue weighted by Gasteiger charge is 2.48. The number of hydrogen-bond donors (Lipinski definition) is 0. The molecule has 0 unspecified atom stereocenters. The second-order valence-corrected chi connectivity index (χ2v) is 7.29. The first-order valence-electron chi connectivity index (χ1n) is 9.05. The maximum atomic E-state index is 13.2. The van der Waals surface area contributed by atoms with E-state index in [1.54, 1.807) is 6.20 Å². The fourth-order valence-corrected chi connectivity index (χ4v) is 4.24. The summed E-state index contributed by atoms with van der Waals surface area (Å²) in [5.74, 6) is 0.329. The van der Waals surface area contributed by atoms with E-state index < -0.39 is 0 Å². The first-order valence-corrected chi connectivity index (χ1v) is 9.05. The van der Waals surface area contributed by atoms with Crippen molar-refractivity contribution in [1.29, 1.82) is 0 Å². The number of likely N-dealkylation sites (tertiary alicyclic amines) is 2. The minimum absolute atomic E-state index is 0.187. The molecule has 5 heteroatoms. The van der Waals surface area contributed by atoms with Crippen LogP contribution in [0, 0.1) is 5.41 Å². The molecule has 0 bridgehead atoms. The van der Waals surface area contributed by atoms with Crippen molar-refractivity contribution in [2.75, 3.05) is 19.6 Å². The Balaban J connectivity index is 1.43. The molecule has 0 N–H and O–H groups in total. The molecule has 1 atom stereocenters. The molecule has 0 saturated carbocycles. The lowest BCUT2D eigenvalue weighted by atomic mass is 9.78. The van der Waals surface area contributed by atoms with Crippen LogP contribution < -0.4 is 0 Å². The van der Waals surface area contributed by atoms with Gasteiger partial charge in [0.2, 0.25) is 5.91 Å². The molecule has 1 spiro atoms. The van der Waals surface area contributed by atoms with Crippen molar-refractivity contribution >= 4 is 5.91 Å². The molecule has 2 aromatic heterocycles. The van der Waals surface area contributed by atoms with Crippen molar-refractivity contribution in [3.05, 3.63) is 60.2 Å². The molecule has 0 aliphatic carbocycles. The van der Waals surface area contributed by atoms with Crippen molar-refractivity contribution in [3.63, 3.8) is 0 Å². The summed E-state index contributed by atoms with van der Waals surface area (Å²) in [4.78, 5) is 25.9. The second-order valence-electron chi connectivity index (χ2n) is 7.29. The lowest BCUT2D eigenvalue weighted by Crippen LogP contribution is -2.47. The summed E-state index contributed by atoms with van der Waals surface area (Å²) in [5.41, 5.74) is 2.19. The van der Waals surface area contributed by atoms with Crippen LogP contribution in [0.1, 0.15) is 30.4 Å². The van der Waals surface area contributed by atoms with Crippen LogP contribution in [0.5, 0.6) is 0 Å². The highest BCUT2D eigenvalue weighted by Crippen LogP contribution is 2.40. The van der Waals surface area contributed by atoms with Gasteiger partial charge < -0.3 is 4.90 Å². The third-order valence-corrected chi connectivity index (χ3v) is 5.51. The number of carbonyl (C=O) groups excluding carboxylic acids is 1.